The number of hydrogen-bond donors (Lipinski definition) is 1. The van der Waals surface area contributed by atoms with Crippen LogP contribution in [0.3, 0.4) is 0 Å². The molecule has 0 bridgehead atoms. The standard InChI is InChI=1S/C15H13Cl2IN2O3S/c1-24(22,23)20(11-7-5-10(18)6-8-11)9-14(21)19-15-12(16)3-2-4-13(15)17/h2-8H,9H2,1H3,(H,19,21). The fraction of sp³-hybridized carbons (Fsp3) is 0.133. The van der Waals surface area contributed by atoms with Gasteiger partial charge in [-0.1, -0.05) is 29.3 Å². The zero-order chi connectivity index (χ0) is 17.9. The number of rotatable bonds is 5. The average Bonchev–Trinajstić information content (AvgIpc) is 2.49. The van der Waals surface area contributed by atoms with Gasteiger partial charge in [0.2, 0.25) is 15.9 Å². The third-order valence-electron chi connectivity index (χ3n) is 3.03. The van der Waals surface area contributed by atoms with Crippen molar-refractivity contribution in [2.24, 2.45) is 0 Å². The Hall–Kier alpha value is -1.03. The molecule has 0 atom stereocenters. The van der Waals surface area contributed by atoms with E-state index in [1.807, 2.05) is 0 Å². The molecule has 128 valence electrons. The number of nitrogens with zero attached hydrogens (tertiary/aromatic N) is 1. The Balaban J connectivity index is 2.24. The van der Waals surface area contributed by atoms with Gasteiger partial charge < -0.3 is 5.32 Å². The number of anilines is 2. The molecule has 2 rings (SSSR count). The summed E-state index contributed by atoms with van der Waals surface area (Å²) in [6, 6.07) is 11.6. The predicted octanol–water partition coefficient (Wildman–Crippen LogP) is 4.00. The highest BCUT2D eigenvalue weighted by Crippen LogP contribution is 2.30. The number of amides is 1. The molecule has 0 aromatic heterocycles. The Morgan fingerprint density at radius 3 is 2.17 bits per heavy atom. The molecule has 0 aliphatic heterocycles. The fourth-order valence-electron chi connectivity index (χ4n) is 1.93. The maximum atomic E-state index is 12.3. The van der Waals surface area contributed by atoms with Gasteiger partial charge in [0.1, 0.15) is 6.54 Å². The molecule has 0 aliphatic carbocycles. The Morgan fingerprint density at radius 1 is 1.12 bits per heavy atom. The summed E-state index contributed by atoms with van der Waals surface area (Å²) in [5, 5.41) is 3.10. The molecule has 2 aromatic carbocycles. The van der Waals surface area contributed by atoms with E-state index in [1.54, 1.807) is 42.5 Å². The van der Waals surface area contributed by atoms with Crippen LogP contribution < -0.4 is 9.62 Å². The van der Waals surface area contributed by atoms with Crippen molar-refractivity contribution in [3.63, 3.8) is 0 Å². The van der Waals surface area contributed by atoms with Crippen LogP contribution in [0.25, 0.3) is 0 Å². The first kappa shape index (κ1) is 19.3. The molecule has 24 heavy (non-hydrogen) atoms. The quantitative estimate of drug-likeness (QED) is 0.633. The average molecular weight is 499 g/mol. The lowest BCUT2D eigenvalue weighted by atomic mass is 10.3. The summed E-state index contributed by atoms with van der Waals surface area (Å²) in [4.78, 5) is 12.3. The summed E-state index contributed by atoms with van der Waals surface area (Å²) >= 11 is 14.1. The third-order valence-corrected chi connectivity index (χ3v) is 5.52. The lowest BCUT2D eigenvalue weighted by molar-refractivity contribution is -0.114. The number of halogens is 3. The van der Waals surface area contributed by atoms with E-state index in [9.17, 15) is 13.2 Å². The molecular weight excluding hydrogens is 486 g/mol. The van der Waals surface area contributed by atoms with Crippen molar-refractivity contribution >= 4 is 73.1 Å². The number of sulfonamides is 1. The van der Waals surface area contributed by atoms with Crippen LogP contribution in [0, 0.1) is 3.57 Å². The largest absolute Gasteiger partial charge is 0.322 e. The third kappa shape index (κ3) is 4.98. The van der Waals surface area contributed by atoms with Gasteiger partial charge >= 0.3 is 0 Å². The highest BCUT2D eigenvalue weighted by Gasteiger charge is 2.21. The first-order valence-corrected chi connectivity index (χ1v) is 10.3. The summed E-state index contributed by atoms with van der Waals surface area (Å²) in [6.45, 7) is -0.388. The molecule has 0 aliphatic rings. The molecule has 0 saturated carbocycles. The monoisotopic (exact) mass is 498 g/mol. The highest BCUT2D eigenvalue weighted by atomic mass is 127. The van der Waals surface area contributed by atoms with E-state index in [-0.39, 0.29) is 22.3 Å². The van der Waals surface area contributed by atoms with Crippen molar-refractivity contribution in [3.05, 3.63) is 56.1 Å². The minimum atomic E-state index is -3.63. The SMILES string of the molecule is CS(=O)(=O)N(CC(=O)Nc1c(Cl)cccc1Cl)c1ccc(I)cc1. The van der Waals surface area contributed by atoms with Gasteiger partial charge in [-0.15, -0.1) is 0 Å². The summed E-state index contributed by atoms with van der Waals surface area (Å²) in [7, 11) is -3.63. The summed E-state index contributed by atoms with van der Waals surface area (Å²) in [5.41, 5.74) is 0.653. The van der Waals surface area contributed by atoms with Crippen molar-refractivity contribution in [3.8, 4) is 0 Å². The summed E-state index contributed by atoms with van der Waals surface area (Å²) in [5.74, 6) is -0.547. The highest BCUT2D eigenvalue weighted by molar-refractivity contribution is 14.1. The molecular formula is C15H13Cl2IN2O3S. The molecule has 2 aromatic rings. The van der Waals surface area contributed by atoms with Crippen molar-refractivity contribution in [2.45, 2.75) is 0 Å². The number of benzene rings is 2. The van der Waals surface area contributed by atoms with Crippen LogP contribution in [0.15, 0.2) is 42.5 Å². The Bertz CT molecular complexity index is 837. The van der Waals surface area contributed by atoms with E-state index in [2.05, 4.69) is 27.9 Å². The van der Waals surface area contributed by atoms with Crippen LogP contribution in [0.5, 0.6) is 0 Å². The predicted molar refractivity (Wildman–Crippen MR) is 106 cm³/mol. The van der Waals surface area contributed by atoms with E-state index >= 15 is 0 Å². The number of nitrogens with one attached hydrogen (secondary N) is 1. The van der Waals surface area contributed by atoms with E-state index in [1.165, 1.54) is 0 Å². The number of hydrogen-bond acceptors (Lipinski definition) is 3. The minimum Gasteiger partial charge on any atom is -0.322 e. The molecule has 1 amide bonds. The molecule has 0 radical (unpaired) electrons. The molecule has 5 nitrogen and oxygen atoms in total. The normalized spacial score (nSPS) is 11.2. The number of para-hydroxylation sites is 1. The molecule has 0 fully saturated rings. The van der Waals surface area contributed by atoms with Gasteiger partial charge in [0.25, 0.3) is 0 Å². The van der Waals surface area contributed by atoms with E-state index < -0.39 is 15.9 Å². The second kappa shape index (κ2) is 7.90. The van der Waals surface area contributed by atoms with Gasteiger partial charge in [0, 0.05) is 3.57 Å². The Kier molecular flexibility index (Phi) is 6.35. The van der Waals surface area contributed by atoms with E-state index in [4.69, 9.17) is 23.2 Å². The van der Waals surface area contributed by atoms with Crippen LogP contribution >= 0.6 is 45.8 Å². The molecule has 0 heterocycles. The number of carbonyl (C=O) groups is 1. The van der Waals surface area contributed by atoms with Crippen molar-refractivity contribution in [2.75, 3.05) is 22.4 Å². The van der Waals surface area contributed by atoms with Gasteiger partial charge in [0.15, 0.2) is 0 Å². The van der Waals surface area contributed by atoms with Gasteiger partial charge in [-0.2, -0.15) is 0 Å². The van der Waals surface area contributed by atoms with Gasteiger partial charge in [-0.25, -0.2) is 8.42 Å². The molecule has 1 N–H and O–H groups in total. The zero-order valence-corrected chi connectivity index (χ0v) is 16.9. The van der Waals surface area contributed by atoms with Gasteiger partial charge in [0.05, 0.1) is 27.7 Å². The van der Waals surface area contributed by atoms with Gasteiger partial charge in [-0.3, -0.25) is 9.10 Å². The lowest BCUT2D eigenvalue weighted by Gasteiger charge is -2.22. The second-order valence-corrected chi connectivity index (χ2v) is 8.86. The van der Waals surface area contributed by atoms with Crippen LogP contribution in [-0.4, -0.2) is 27.1 Å². The van der Waals surface area contributed by atoms with E-state index in [0.717, 1.165) is 14.1 Å². The Labute approximate surface area is 164 Å². The zero-order valence-electron chi connectivity index (χ0n) is 12.5. The maximum Gasteiger partial charge on any atom is 0.245 e. The topological polar surface area (TPSA) is 66.5 Å². The summed E-state index contributed by atoms with van der Waals surface area (Å²) in [6.07, 6.45) is 1.04. The Morgan fingerprint density at radius 2 is 1.67 bits per heavy atom. The van der Waals surface area contributed by atoms with E-state index in [0.29, 0.717) is 5.69 Å². The van der Waals surface area contributed by atoms with Crippen molar-refractivity contribution in [1.29, 1.82) is 0 Å². The fourth-order valence-corrected chi connectivity index (χ4v) is 3.64. The van der Waals surface area contributed by atoms with Crippen LogP contribution in [0.4, 0.5) is 11.4 Å². The van der Waals surface area contributed by atoms with Crippen LogP contribution in [0.2, 0.25) is 10.0 Å². The second-order valence-electron chi connectivity index (χ2n) is 4.89. The molecule has 0 unspecified atom stereocenters. The maximum absolute atomic E-state index is 12.3. The van der Waals surface area contributed by atoms with Crippen LogP contribution in [0.1, 0.15) is 0 Å². The molecule has 0 saturated heterocycles. The number of carbonyl (C=O) groups excluding carboxylic acids is 1. The van der Waals surface area contributed by atoms with Gasteiger partial charge in [-0.05, 0) is 59.0 Å². The van der Waals surface area contributed by atoms with Crippen LogP contribution in [-0.2, 0) is 14.8 Å². The minimum absolute atomic E-state index is 0.252. The van der Waals surface area contributed by atoms with Crippen molar-refractivity contribution in [1.82, 2.24) is 0 Å². The first-order chi connectivity index (χ1) is 11.2. The lowest BCUT2D eigenvalue weighted by Crippen LogP contribution is -2.37. The molecule has 9 heteroatoms. The first-order valence-electron chi connectivity index (χ1n) is 6.65. The summed E-state index contributed by atoms with van der Waals surface area (Å²) < 4.78 is 26.0. The molecule has 0 spiro atoms. The van der Waals surface area contributed by atoms with Crippen molar-refractivity contribution < 1.29 is 13.2 Å². The smallest absolute Gasteiger partial charge is 0.245 e.